The van der Waals surface area contributed by atoms with Gasteiger partial charge in [0.25, 0.3) is 17.7 Å². The largest absolute Gasteiger partial charge is 0.388 e. The Balaban J connectivity index is 0.882. The molecule has 8 heteroatoms. The molecule has 0 saturated heterocycles. The van der Waals surface area contributed by atoms with Crippen LogP contribution in [0.15, 0.2) is 170 Å². The van der Waals surface area contributed by atoms with Crippen molar-refractivity contribution in [3.8, 4) is 22.3 Å². The van der Waals surface area contributed by atoms with E-state index in [1.54, 1.807) is 48.5 Å². The third kappa shape index (κ3) is 8.19. The van der Waals surface area contributed by atoms with E-state index in [9.17, 15) is 19.2 Å². The Morgan fingerprint density at radius 3 is 1.16 bits per heavy atom. The van der Waals surface area contributed by atoms with E-state index in [0.29, 0.717) is 39.3 Å². The third-order valence-corrected chi connectivity index (χ3v) is 13.0. The van der Waals surface area contributed by atoms with Crippen molar-refractivity contribution in [1.29, 1.82) is 0 Å². The number of aryl methyl sites for hydroxylation is 4. The van der Waals surface area contributed by atoms with Gasteiger partial charge in [-0.25, -0.2) is 0 Å². The van der Waals surface area contributed by atoms with Gasteiger partial charge in [0.1, 0.15) is 0 Å². The van der Waals surface area contributed by atoms with E-state index < -0.39 is 5.41 Å². The molecule has 3 amide bonds. The fourth-order valence-corrected chi connectivity index (χ4v) is 9.42. The van der Waals surface area contributed by atoms with Gasteiger partial charge >= 0.3 is 0 Å². The van der Waals surface area contributed by atoms with Gasteiger partial charge in [0.2, 0.25) is 0 Å². The fraction of sp³-hybridized carbons (Fsp3) is 0.119. The highest BCUT2D eigenvalue weighted by Gasteiger charge is 2.45. The number of hydrogen-bond donors (Lipinski definition) is 4. The summed E-state index contributed by atoms with van der Waals surface area (Å²) in [5.74, 6) is -0.874. The molecule has 0 aromatic heterocycles. The molecule has 0 bridgehead atoms. The zero-order valence-corrected chi connectivity index (χ0v) is 38.3. The number of fused-ring (bicyclic) bond motifs is 3. The maximum absolute atomic E-state index is 13.6. The quantitative estimate of drug-likeness (QED) is 0.0966. The van der Waals surface area contributed by atoms with Gasteiger partial charge in [0.05, 0.1) is 5.41 Å². The SMILES string of the molecule is CNc1ccc(C2(c3ccc(NC(=O)c4ccc(C(=O)Nc5cc(C)c(-c6cc(C)c(NC(=O)c7ccc(C(C)=O)cc7)cc6C)cc5C)cc4)cc3)c3ccccc3-c3ccccc32)cc1. The molecule has 0 atom stereocenters. The van der Waals surface area contributed by atoms with Crippen molar-refractivity contribution in [3.05, 3.63) is 237 Å². The molecule has 0 aliphatic heterocycles. The summed E-state index contributed by atoms with van der Waals surface area (Å²) in [4.78, 5) is 51.9. The number of anilines is 4. The Morgan fingerprint density at radius 2 is 0.761 bits per heavy atom. The summed E-state index contributed by atoms with van der Waals surface area (Å²) in [5.41, 5.74) is 17.3. The topological polar surface area (TPSA) is 116 Å². The molecule has 8 aromatic rings. The summed E-state index contributed by atoms with van der Waals surface area (Å²) >= 11 is 0. The van der Waals surface area contributed by atoms with E-state index in [-0.39, 0.29) is 23.5 Å². The van der Waals surface area contributed by atoms with Crippen LogP contribution in [0.5, 0.6) is 0 Å². The molecule has 8 aromatic carbocycles. The molecule has 1 aliphatic carbocycles. The van der Waals surface area contributed by atoms with Crippen molar-refractivity contribution in [3.63, 3.8) is 0 Å². The molecule has 330 valence electrons. The Hall–Kier alpha value is -8.36. The van der Waals surface area contributed by atoms with Crippen LogP contribution in [0.1, 0.15) is 92.9 Å². The summed E-state index contributed by atoms with van der Waals surface area (Å²) in [6.45, 7) is 9.42. The highest BCUT2D eigenvalue weighted by Crippen LogP contribution is 2.56. The molecule has 0 heterocycles. The minimum Gasteiger partial charge on any atom is -0.388 e. The molecule has 0 spiro atoms. The third-order valence-electron chi connectivity index (χ3n) is 13.0. The first-order chi connectivity index (χ1) is 32.3. The van der Waals surface area contributed by atoms with Crippen LogP contribution in [-0.2, 0) is 5.41 Å². The van der Waals surface area contributed by atoms with E-state index in [4.69, 9.17) is 0 Å². The lowest BCUT2D eigenvalue weighted by Gasteiger charge is -2.34. The monoisotopic (exact) mass is 878 g/mol. The van der Waals surface area contributed by atoms with Gasteiger partial charge in [-0.1, -0.05) is 84.9 Å². The highest BCUT2D eigenvalue weighted by molar-refractivity contribution is 6.08. The zero-order valence-electron chi connectivity index (χ0n) is 38.3. The lowest BCUT2D eigenvalue weighted by Crippen LogP contribution is -2.28. The summed E-state index contributed by atoms with van der Waals surface area (Å²) in [7, 11) is 1.92. The first kappa shape index (κ1) is 43.9. The van der Waals surface area contributed by atoms with Gasteiger partial charge in [0, 0.05) is 52.1 Å². The molecule has 0 radical (unpaired) electrons. The van der Waals surface area contributed by atoms with Crippen LogP contribution < -0.4 is 21.3 Å². The van der Waals surface area contributed by atoms with Crippen molar-refractivity contribution < 1.29 is 19.2 Å². The number of benzene rings is 8. The maximum atomic E-state index is 13.6. The number of carbonyl (C=O) groups excluding carboxylic acids is 4. The number of nitrogens with one attached hydrogen (secondary N) is 4. The van der Waals surface area contributed by atoms with Gasteiger partial charge in [0.15, 0.2) is 5.78 Å². The van der Waals surface area contributed by atoms with Crippen molar-refractivity contribution in [2.75, 3.05) is 28.3 Å². The normalized spacial score (nSPS) is 12.1. The summed E-state index contributed by atoms with van der Waals surface area (Å²) in [6.07, 6.45) is 0. The lowest BCUT2D eigenvalue weighted by molar-refractivity contribution is 0.100. The van der Waals surface area contributed by atoms with Crippen molar-refractivity contribution in [2.24, 2.45) is 0 Å². The molecule has 1 aliphatic rings. The second kappa shape index (κ2) is 17.9. The van der Waals surface area contributed by atoms with Gasteiger partial charge in [-0.15, -0.1) is 0 Å². The molecule has 0 fully saturated rings. The predicted octanol–water partition coefficient (Wildman–Crippen LogP) is 13.0. The van der Waals surface area contributed by atoms with Gasteiger partial charge in [-0.3, -0.25) is 19.2 Å². The average molecular weight is 879 g/mol. The smallest absolute Gasteiger partial charge is 0.255 e. The first-order valence-electron chi connectivity index (χ1n) is 22.3. The van der Waals surface area contributed by atoms with E-state index >= 15 is 0 Å². The highest BCUT2D eigenvalue weighted by atomic mass is 16.2. The Kier molecular flexibility index (Phi) is 11.7. The second-order valence-corrected chi connectivity index (χ2v) is 17.3. The van der Waals surface area contributed by atoms with Crippen molar-refractivity contribution in [1.82, 2.24) is 0 Å². The molecule has 4 N–H and O–H groups in total. The van der Waals surface area contributed by atoms with Crippen LogP contribution in [0.25, 0.3) is 22.3 Å². The summed E-state index contributed by atoms with van der Waals surface area (Å²) in [5, 5.41) is 12.4. The Labute approximate surface area is 391 Å². The number of amides is 3. The summed E-state index contributed by atoms with van der Waals surface area (Å²) in [6, 6.07) is 55.2. The molecule has 67 heavy (non-hydrogen) atoms. The number of Topliss-reactive ketones (excluding diaryl/α,β-unsaturated/α-hetero) is 1. The van der Waals surface area contributed by atoms with Crippen LogP contribution in [-0.4, -0.2) is 30.6 Å². The van der Waals surface area contributed by atoms with Crippen molar-refractivity contribution in [2.45, 2.75) is 40.0 Å². The number of carbonyl (C=O) groups is 4. The van der Waals surface area contributed by atoms with Crippen molar-refractivity contribution >= 4 is 46.3 Å². The zero-order chi connectivity index (χ0) is 47.0. The van der Waals surface area contributed by atoms with Gasteiger partial charge < -0.3 is 21.3 Å². The van der Waals surface area contributed by atoms with E-state index in [1.165, 1.54) is 29.2 Å². The van der Waals surface area contributed by atoms with Crippen LogP contribution in [0, 0.1) is 27.7 Å². The van der Waals surface area contributed by atoms with Crippen LogP contribution in [0.3, 0.4) is 0 Å². The van der Waals surface area contributed by atoms with Gasteiger partial charge in [-0.05, 0) is 186 Å². The van der Waals surface area contributed by atoms with E-state index in [2.05, 4.69) is 118 Å². The standard InChI is InChI=1S/C59H50N4O4/c1-35-33-54(62-57(66)42-17-15-40(16-18-42)39(5)64)37(3)31-50(35)51-32-38(4)55(34-36(51)2)63-58(67)43-21-19-41(20-22-43)56(65)61-47-29-25-45(26-30-47)59(44-23-27-46(60-6)28-24-44)52-13-9-7-11-48(52)49-12-8-10-14-53(49)59/h7-34,60H,1-6H3,(H,61,65)(H,62,66)(H,63,67). The lowest BCUT2D eigenvalue weighted by atomic mass is 9.67. The Bertz CT molecular complexity index is 3200. The average Bonchev–Trinajstić information content (AvgIpc) is 3.65. The second-order valence-electron chi connectivity index (χ2n) is 17.3. The predicted molar refractivity (Wildman–Crippen MR) is 271 cm³/mol. The van der Waals surface area contributed by atoms with Crippen LogP contribution in [0.4, 0.5) is 22.7 Å². The van der Waals surface area contributed by atoms with Crippen LogP contribution in [0.2, 0.25) is 0 Å². The van der Waals surface area contributed by atoms with E-state index in [1.807, 2.05) is 59.0 Å². The molecule has 0 saturated carbocycles. The maximum Gasteiger partial charge on any atom is 0.255 e. The minimum atomic E-state index is -0.557. The molecular weight excluding hydrogens is 829 g/mol. The fourth-order valence-electron chi connectivity index (χ4n) is 9.42. The number of ketones is 1. The van der Waals surface area contributed by atoms with Gasteiger partial charge in [-0.2, -0.15) is 0 Å². The molecular formula is C59H50N4O4. The summed E-state index contributed by atoms with van der Waals surface area (Å²) < 4.78 is 0. The Morgan fingerprint density at radius 1 is 0.388 bits per heavy atom. The number of rotatable bonds is 11. The molecule has 8 nitrogen and oxygen atoms in total. The number of hydrogen-bond acceptors (Lipinski definition) is 5. The molecule has 9 rings (SSSR count). The first-order valence-corrected chi connectivity index (χ1v) is 22.3. The van der Waals surface area contributed by atoms with E-state index in [0.717, 1.165) is 50.2 Å². The minimum absolute atomic E-state index is 0.0537. The molecule has 0 unspecified atom stereocenters. The van der Waals surface area contributed by atoms with Crippen LogP contribution >= 0.6 is 0 Å².